The van der Waals surface area contributed by atoms with E-state index in [0.717, 1.165) is 40.7 Å². The zero-order chi connectivity index (χ0) is 27.6. The van der Waals surface area contributed by atoms with Crippen molar-refractivity contribution in [2.75, 3.05) is 13.2 Å². The van der Waals surface area contributed by atoms with E-state index in [4.69, 9.17) is 4.74 Å². The molecule has 0 aromatic heterocycles. The second-order valence-corrected chi connectivity index (χ2v) is 9.96. The van der Waals surface area contributed by atoms with E-state index < -0.39 is 18.1 Å². The fourth-order valence-electron chi connectivity index (χ4n) is 5.15. The van der Waals surface area contributed by atoms with Crippen molar-refractivity contribution in [3.63, 3.8) is 0 Å². The molecule has 2 N–H and O–H groups in total. The number of aliphatic carboxylic acids is 1. The number of alkyl carbamates (subject to hydrolysis) is 1. The molecule has 7 nitrogen and oxygen atoms in total. The van der Waals surface area contributed by atoms with Crippen LogP contribution in [0.2, 0.25) is 0 Å². The predicted octanol–water partition coefficient (Wildman–Crippen LogP) is 5.98. The Morgan fingerprint density at radius 2 is 1.54 bits per heavy atom. The Hall–Kier alpha value is -4.13. The monoisotopic (exact) mass is 528 g/mol. The van der Waals surface area contributed by atoms with Gasteiger partial charge in [-0.2, -0.15) is 0 Å². The van der Waals surface area contributed by atoms with Crippen LogP contribution in [0.25, 0.3) is 11.1 Å². The zero-order valence-electron chi connectivity index (χ0n) is 22.3. The quantitative estimate of drug-likeness (QED) is 0.285. The van der Waals surface area contributed by atoms with Gasteiger partial charge in [-0.25, -0.2) is 4.79 Å². The highest BCUT2D eigenvalue weighted by atomic mass is 16.5. The minimum absolute atomic E-state index is 0.0451. The third-order valence-electron chi connectivity index (χ3n) is 7.16. The van der Waals surface area contributed by atoms with Crippen LogP contribution in [-0.2, 0) is 20.9 Å². The van der Waals surface area contributed by atoms with E-state index in [1.165, 1.54) is 0 Å². The lowest BCUT2D eigenvalue weighted by atomic mass is 9.98. The van der Waals surface area contributed by atoms with Gasteiger partial charge in [-0.15, -0.1) is 0 Å². The standard InChI is InChI=1S/C32H36N2O5/c1-2-3-13-24(20-30(35)34(19-18-31(36)37)21-23-11-5-4-6-12-23)33-32(38)39-22-29-27-16-9-7-14-25(27)26-15-8-10-17-28(26)29/h4-12,14-17,24,29H,2-3,13,18-22H2,1H3,(H,33,38)(H,36,37)/t24-/m1/s1. The molecule has 0 spiro atoms. The summed E-state index contributed by atoms with van der Waals surface area (Å²) in [6.45, 7) is 2.68. The summed E-state index contributed by atoms with van der Waals surface area (Å²) in [4.78, 5) is 39.0. The van der Waals surface area contributed by atoms with Gasteiger partial charge in [-0.05, 0) is 34.2 Å². The summed E-state index contributed by atoms with van der Waals surface area (Å²) in [6.07, 6.45) is 1.78. The van der Waals surface area contributed by atoms with Gasteiger partial charge in [0, 0.05) is 31.5 Å². The van der Waals surface area contributed by atoms with Gasteiger partial charge in [0.2, 0.25) is 5.91 Å². The molecular formula is C32H36N2O5. The molecule has 39 heavy (non-hydrogen) atoms. The van der Waals surface area contributed by atoms with Crippen LogP contribution in [0.4, 0.5) is 4.79 Å². The van der Waals surface area contributed by atoms with Crippen LogP contribution < -0.4 is 5.32 Å². The maximum Gasteiger partial charge on any atom is 0.407 e. The van der Waals surface area contributed by atoms with E-state index >= 15 is 0 Å². The molecule has 0 radical (unpaired) electrons. The highest BCUT2D eigenvalue weighted by Gasteiger charge is 2.29. The van der Waals surface area contributed by atoms with E-state index in [9.17, 15) is 19.5 Å². The lowest BCUT2D eigenvalue weighted by molar-refractivity contribution is -0.138. The number of hydrogen-bond donors (Lipinski definition) is 2. The molecule has 0 saturated heterocycles. The van der Waals surface area contributed by atoms with Gasteiger partial charge in [0.05, 0.1) is 6.42 Å². The van der Waals surface area contributed by atoms with Crippen LogP contribution in [0.5, 0.6) is 0 Å². The van der Waals surface area contributed by atoms with Crippen molar-refractivity contribution < 1.29 is 24.2 Å². The number of rotatable bonds is 13. The number of carbonyl (C=O) groups excluding carboxylic acids is 2. The van der Waals surface area contributed by atoms with E-state index in [0.29, 0.717) is 13.0 Å². The van der Waals surface area contributed by atoms with E-state index in [-0.39, 0.29) is 37.8 Å². The third-order valence-corrected chi connectivity index (χ3v) is 7.16. The summed E-state index contributed by atoms with van der Waals surface area (Å²) in [5.41, 5.74) is 5.52. The summed E-state index contributed by atoms with van der Waals surface area (Å²) in [5.74, 6) is -1.20. The van der Waals surface area contributed by atoms with Crippen LogP contribution in [0.1, 0.15) is 61.6 Å². The van der Waals surface area contributed by atoms with Crippen LogP contribution in [0.3, 0.4) is 0 Å². The number of unbranched alkanes of at least 4 members (excludes halogenated alkanes) is 1. The van der Waals surface area contributed by atoms with Crippen molar-refractivity contribution in [3.05, 3.63) is 95.6 Å². The molecule has 1 atom stereocenters. The molecule has 3 aromatic carbocycles. The zero-order valence-corrected chi connectivity index (χ0v) is 22.3. The Morgan fingerprint density at radius 3 is 2.15 bits per heavy atom. The number of amides is 2. The van der Waals surface area contributed by atoms with Crippen molar-refractivity contribution >= 4 is 18.0 Å². The van der Waals surface area contributed by atoms with Crippen LogP contribution in [0.15, 0.2) is 78.9 Å². The highest BCUT2D eigenvalue weighted by molar-refractivity contribution is 5.80. The molecule has 0 bridgehead atoms. The third kappa shape index (κ3) is 7.47. The Kier molecular flexibility index (Phi) is 9.73. The summed E-state index contributed by atoms with van der Waals surface area (Å²) in [6, 6.07) is 25.4. The molecule has 7 heteroatoms. The second kappa shape index (κ2) is 13.6. The fraction of sp³-hybridized carbons (Fsp3) is 0.344. The van der Waals surface area contributed by atoms with Gasteiger partial charge in [-0.3, -0.25) is 9.59 Å². The van der Waals surface area contributed by atoms with Gasteiger partial charge < -0.3 is 20.1 Å². The largest absolute Gasteiger partial charge is 0.481 e. The molecule has 4 rings (SSSR count). The number of ether oxygens (including phenoxy) is 1. The summed E-state index contributed by atoms with van der Waals surface area (Å²) in [5, 5.41) is 12.1. The highest BCUT2D eigenvalue weighted by Crippen LogP contribution is 2.44. The van der Waals surface area contributed by atoms with Gasteiger partial charge in [0.25, 0.3) is 0 Å². The lowest BCUT2D eigenvalue weighted by Crippen LogP contribution is -2.41. The normalized spacial score (nSPS) is 12.7. The molecule has 0 fully saturated rings. The molecule has 204 valence electrons. The maximum atomic E-state index is 13.3. The number of hydrogen-bond acceptors (Lipinski definition) is 4. The average molecular weight is 529 g/mol. The Bertz CT molecular complexity index is 1230. The summed E-state index contributed by atoms with van der Waals surface area (Å²) >= 11 is 0. The molecule has 1 aliphatic rings. The Morgan fingerprint density at radius 1 is 0.923 bits per heavy atom. The second-order valence-electron chi connectivity index (χ2n) is 9.96. The number of nitrogens with zero attached hydrogens (tertiary/aromatic N) is 1. The van der Waals surface area contributed by atoms with Gasteiger partial charge in [-0.1, -0.05) is 98.6 Å². The minimum atomic E-state index is -0.958. The van der Waals surface area contributed by atoms with Crippen LogP contribution in [0, 0.1) is 0 Å². The minimum Gasteiger partial charge on any atom is -0.481 e. The molecule has 0 aliphatic heterocycles. The molecule has 1 aliphatic carbocycles. The fourth-order valence-corrected chi connectivity index (χ4v) is 5.15. The number of carbonyl (C=O) groups is 3. The first-order chi connectivity index (χ1) is 19.0. The van der Waals surface area contributed by atoms with Crippen LogP contribution >= 0.6 is 0 Å². The first kappa shape index (κ1) is 27.9. The van der Waals surface area contributed by atoms with Crippen molar-refractivity contribution in [3.8, 4) is 11.1 Å². The molecular weight excluding hydrogens is 492 g/mol. The summed E-state index contributed by atoms with van der Waals surface area (Å²) < 4.78 is 5.71. The average Bonchev–Trinajstić information content (AvgIpc) is 3.26. The smallest absolute Gasteiger partial charge is 0.407 e. The lowest BCUT2D eigenvalue weighted by Gasteiger charge is -2.26. The maximum absolute atomic E-state index is 13.3. The van der Waals surface area contributed by atoms with Gasteiger partial charge in [0.1, 0.15) is 6.61 Å². The van der Waals surface area contributed by atoms with E-state index in [2.05, 4.69) is 36.5 Å². The number of carboxylic acids is 1. The number of nitrogens with one attached hydrogen (secondary N) is 1. The van der Waals surface area contributed by atoms with Crippen molar-refractivity contribution in [2.45, 2.75) is 57.5 Å². The van der Waals surface area contributed by atoms with Crippen molar-refractivity contribution in [1.29, 1.82) is 0 Å². The predicted molar refractivity (Wildman–Crippen MR) is 150 cm³/mol. The first-order valence-corrected chi connectivity index (χ1v) is 13.6. The van der Waals surface area contributed by atoms with Crippen molar-refractivity contribution in [2.24, 2.45) is 0 Å². The molecule has 2 amide bonds. The number of carboxylic acid groups (broad SMARTS) is 1. The number of benzene rings is 3. The molecule has 0 saturated carbocycles. The van der Waals surface area contributed by atoms with Gasteiger partial charge >= 0.3 is 12.1 Å². The molecule has 0 heterocycles. The Balaban J connectivity index is 1.39. The SMILES string of the molecule is CCCC[C@H](CC(=O)N(CCC(=O)O)Cc1ccccc1)NC(=O)OCC1c2ccccc2-c2ccccc21. The first-order valence-electron chi connectivity index (χ1n) is 13.6. The van der Waals surface area contributed by atoms with Crippen molar-refractivity contribution in [1.82, 2.24) is 10.2 Å². The topological polar surface area (TPSA) is 95.9 Å². The van der Waals surface area contributed by atoms with Crippen LogP contribution in [-0.4, -0.2) is 47.2 Å². The van der Waals surface area contributed by atoms with E-state index in [1.807, 2.05) is 54.6 Å². The summed E-state index contributed by atoms with van der Waals surface area (Å²) in [7, 11) is 0. The molecule has 0 unspecified atom stereocenters. The molecule has 3 aromatic rings. The Labute approximate surface area is 229 Å². The van der Waals surface area contributed by atoms with E-state index in [1.54, 1.807) is 4.90 Å². The number of fused-ring (bicyclic) bond motifs is 3. The van der Waals surface area contributed by atoms with Gasteiger partial charge in [0.15, 0.2) is 0 Å².